The molecule has 5 amide bonds. The first-order chi connectivity index (χ1) is 27.7. The number of ketones is 1. The molecule has 0 radical (unpaired) electrons. The van der Waals surface area contributed by atoms with Crippen LogP contribution in [0.4, 0.5) is 0 Å². The highest BCUT2D eigenvalue weighted by Gasteiger charge is 2.35. The third-order valence-corrected chi connectivity index (χ3v) is 10.3. The molecule has 1 aliphatic heterocycles. The highest BCUT2D eigenvalue weighted by molar-refractivity contribution is 6.38. The fourth-order valence-electron chi connectivity index (χ4n) is 7.32. The Morgan fingerprint density at radius 1 is 0.862 bits per heavy atom. The van der Waals surface area contributed by atoms with Crippen molar-refractivity contribution in [3.05, 3.63) is 77.4 Å². The van der Waals surface area contributed by atoms with Crippen LogP contribution in [0.2, 0.25) is 0 Å². The Bertz CT molecular complexity index is 1770. The number of Topliss-reactive ketones (excluding diaryl/α,β-unsaturated/α-hetero) is 1. The Morgan fingerprint density at radius 2 is 1.59 bits per heavy atom. The van der Waals surface area contributed by atoms with Crippen LogP contribution in [0.1, 0.15) is 127 Å². The summed E-state index contributed by atoms with van der Waals surface area (Å²) in [7, 11) is 0. The van der Waals surface area contributed by atoms with Crippen LogP contribution in [0, 0.1) is 5.92 Å². The van der Waals surface area contributed by atoms with Crippen molar-refractivity contribution >= 4 is 47.4 Å². The van der Waals surface area contributed by atoms with E-state index in [1.54, 1.807) is 58.0 Å². The fraction of sp³-hybridized carbons (Fsp3) is 0.533. The molecule has 2 aromatic carbocycles. The fourth-order valence-corrected chi connectivity index (χ4v) is 7.32. The van der Waals surface area contributed by atoms with Crippen LogP contribution in [0.3, 0.4) is 0 Å². The number of hydrogen-bond donors (Lipinski definition) is 5. The normalized spacial score (nSPS) is 20.1. The van der Waals surface area contributed by atoms with Gasteiger partial charge in [0.05, 0.1) is 12.6 Å². The maximum absolute atomic E-state index is 14.2. The summed E-state index contributed by atoms with van der Waals surface area (Å²) in [5.74, 6) is -4.92. The molecule has 1 heterocycles. The zero-order chi connectivity index (χ0) is 42.1. The van der Waals surface area contributed by atoms with Gasteiger partial charge >= 0.3 is 5.97 Å². The van der Waals surface area contributed by atoms with Gasteiger partial charge < -0.3 is 31.3 Å². The van der Waals surface area contributed by atoms with Gasteiger partial charge in [-0.3, -0.25) is 28.8 Å². The number of fused-ring (bicyclic) bond motifs is 2. The zero-order valence-corrected chi connectivity index (χ0v) is 34.4. The Balaban J connectivity index is 1.50. The average molecular weight is 800 g/mol. The topological polar surface area (TPSA) is 189 Å². The van der Waals surface area contributed by atoms with Crippen molar-refractivity contribution in [1.82, 2.24) is 26.6 Å². The van der Waals surface area contributed by atoms with E-state index >= 15 is 0 Å². The molecule has 13 heteroatoms. The standard InChI is InChI=1S/C45H61N5O8/c1-5-18-34(40(53)43(56)46-29-37(52)50-39(33-24-14-10-15-25-33)44(57)58-45(2,3)4)47-41(54)35-28-31-21-17-20-30(27-31)19-11-7-6-8-16-26-36(51)49-38(42(55)48-35)32-22-12-9-13-23-32/h10-11,14-15,17,19-21,24-25,27,32,34-35,38-39H,5-9,12-13,16,18,22-23,26,28-29H2,1-4H3,(H,46,56)(H,47,54)(H,48,55)(H,49,51)(H,50,52)/b19-11-. The summed E-state index contributed by atoms with van der Waals surface area (Å²) in [6.45, 7) is 6.29. The summed E-state index contributed by atoms with van der Waals surface area (Å²) in [5.41, 5.74) is 1.35. The lowest BCUT2D eigenvalue weighted by Gasteiger charge is -2.31. The van der Waals surface area contributed by atoms with Crippen molar-refractivity contribution in [2.75, 3.05) is 6.54 Å². The molecule has 58 heavy (non-hydrogen) atoms. The predicted octanol–water partition coefficient (Wildman–Crippen LogP) is 4.93. The van der Waals surface area contributed by atoms with Gasteiger partial charge in [0.2, 0.25) is 29.4 Å². The van der Waals surface area contributed by atoms with Crippen molar-refractivity contribution < 1.29 is 38.3 Å². The van der Waals surface area contributed by atoms with Gasteiger partial charge in [0.1, 0.15) is 17.7 Å². The predicted molar refractivity (Wildman–Crippen MR) is 221 cm³/mol. The van der Waals surface area contributed by atoms with Crippen LogP contribution >= 0.6 is 0 Å². The number of esters is 1. The third kappa shape index (κ3) is 14.9. The molecule has 0 aromatic heterocycles. The lowest BCUT2D eigenvalue weighted by Crippen LogP contribution is -2.59. The number of benzene rings is 2. The molecule has 2 aliphatic rings. The number of ether oxygens (including phenoxy) is 1. The minimum absolute atomic E-state index is 0.0848. The van der Waals surface area contributed by atoms with Gasteiger partial charge in [-0.1, -0.05) is 106 Å². The highest BCUT2D eigenvalue weighted by atomic mass is 16.6. The van der Waals surface area contributed by atoms with Crippen LogP contribution in [-0.2, 0) is 44.7 Å². The summed E-state index contributed by atoms with van der Waals surface area (Å²) >= 11 is 0. The molecule has 4 rings (SSSR count). The van der Waals surface area contributed by atoms with Crippen molar-refractivity contribution in [1.29, 1.82) is 0 Å². The van der Waals surface area contributed by atoms with Crippen molar-refractivity contribution in [3.8, 4) is 0 Å². The molecular weight excluding hydrogens is 739 g/mol. The number of rotatable bonds is 12. The first-order valence-corrected chi connectivity index (χ1v) is 20.8. The molecular formula is C45H61N5O8. The zero-order valence-electron chi connectivity index (χ0n) is 34.4. The van der Waals surface area contributed by atoms with E-state index in [4.69, 9.17) is 4.74 Å². The van der Waals surface area contributed by atoms with Crippen molar-refractivity contribution in [2.45, 2.75) is 141 Å². The monoisotopic (exact) mass is 799 g/mol. The van der Waals surface area contributed by atoms with E-state index in [2.05, 4.69) is 32.7 Å². The Kier molecular flexibility index (Phi) is 17.7. The minimum atomic E-state index is -1.26. The molecule has 2 aromatic rings. The lowest BCUT2D eigenvalue weighted by molar-refractivity contribution is -0.158. The molecule has 2 bridgehead atoms. The largest absolute Gasteiger partial charge is 0.458 e. The SMILES string of the molecule is CCCC(NC(=O)C1Cc2cccc(c2)/C=C\CCCCCC(=O)NC(C2CCCCC2)C(=O)N1)C(=O)C(=O)NCC(=O)NC(C(=O)OC(C)(C)C)c1ccccc1. The molecule has 0 saturated heterocycles. The van der Waals surface area contributed by atoms with Crippen LogP contribution in [0.15, 0.2) is 60.7 Å². The minimum Gasteiger partial charge on any atom is -0.458 e. The maximum Gasteiger partial charge on any atom is 0.333 e. The molecule has 314 valence electrons. The number of carbonyl (C=O) groups excluding carboxylic acids is 7. The van der Waals surface area contributed by atoms with Gasteiger partial charge in [0.25, 0.3) is 5.91 Å². The summed E-state index contributed by atoms with van der Waals surface area (Å²) in [4.78, 5) is 94.2. The summed E-state index contributed by atoms with van der Waals surface area (Å²) in [6.07, 6.45) is 12.9. The number of nitrogens with one attached hydrogen (secondary N) is 5. The second-order valence-corrected chi connectivity index (χ2v) is 16.3. The Morgan fingerprint density at radius 3 is 2.29 bits per heavy atom. The van der Waals surface area contributed by atoms with Gasteiger partial charge in [-0.2, -0.15) is 0 Å². The van der Waals surface area contributed by atoms with E-state index in [0.29, 0.717) is 24.8 Å². The quantitative estimate of drug-likeness (QED) is 0.148. The second-order valence-electron chi connectivity index (χ2n) is 16.3. The van der Waals surface area contributed by atoms with Gasteiger partial charge in [-0.05, 0) is 81.9 Å². The average Bonchev–Trinajstić information content (AvgIpc) is 3.19. The van der Waals surface area contributed by atoms with Crippen molar-refractivity contribution in [3.63, 3.8) is 0 Å². The molecule has 1 fully saturated rings. The molecule has 13 nitrogen and oxygen atoms in total. The number of carbonyl (C=O) groups is 7. The van der Waals surface area contributed by atoms with Crippen LogP contribution < -0.4 is 26.6 Å². The Labute approximate surface area is 342 Å². The first kappa shape index (κ1) is 45.4. The van der Waals surface area contributed by atoms with Crippen LogP contribution in [0.25, 0.3) is 6.08 Å². The van der Waals surface area contributed by atoms with Gasteiger partial charge in [0, 0.05) is 12.8 Å². The van der Waals surface area contributed by atoms with E-state index in [9.17, 15) is 33.6 Å². The number of amides is 5. The first-order valence-electron chi connectivity index (χ1n) is 20.8. The summed E-state index contributed by atoms with van der Waals surface area (Å²) < 4.78 is 5.51. The van der Waals surface area contributed by atoms with Gasteiger partial charge in [-0.15, -0.1) is 0 Å². The summed E-state index contributed by atoms with van der Waals surface area (Å²) in [6, 6.07) is 11.7. The second kappa shape index (κ2) is 22.6. The molecule has 4 atom stereocenters. The maximum atomic E-state index is 14.2. The van der Waals surface area contributed by atoms with Gasteiger partial charge in [-0.25, -0.2) is 4.79 Å². The molecule has 5 N–H and O–H groups in total. The van der Waals surface area contributed by atoms with E-state index in [-0.39, 0.29) is 24.7 Å². The lowest BCUT2D eigenvalue weighted by atomic mass is 9.83. The third-order valence-electron chi connectivity index (χ3n) is 10.3. The van der Waals surface area contributed by atoms with Crippen LogP contribution in [0.5, 0.6) is 0 Å². The Hall–Kier alpha value is -5.33. The van der Waals surface area contributed by atoms with E-state index in [1.165, 1.54) is 0 Å². The number of hydrogen-bond acceptors (Lipinski definition) is 8. The highest BCUT2D eigenvalue weighted by Crippen LogP contribution is 2.27. The number of allylic oxidation sites excluding steroid dienone is 1. The van der Waals surface area contributed by atoms with Crippen LogP contribution in [-0.4, -0.2) is 71.6 Å². The van der Waals surface area contributed by atoms with E-state index < -0.39 is 71.7 Å². The van der Waals surface area contributed by atoms with Gasteiger partial charge in [0.15, 0.2) is 6.04 Å². The van der Waals surface area contributed by atoms with E-state index in [1.807, 2.05) is 30.3 Å². The molecule has 1 saturated carbocycles. The van der Waals surface area contributed by atoms with Crippen molar-refractivity contribution in [2.24, 2.45) is 5.92 Å². The van der Waals surface area contributed by atoms with E-state index in [0.717, 1.165) is 62.5 Å². The summed E-state index contributed by atoms with van der Waals surface area (Å²) in [5, 5.41) is 13.5. The molecule has 1 aliphatic carbocycles. The smallest absolute Gasteiger partial charge is 0.333 e. The molecule has 4 unspecified atom stereocenters. The molecule has 0 spiro atoms.